The molecule has 0 aliphatic carbocycles. The van der Waals surface area contributed by atoms with Crippen LogP contribution in [-0.4, -0.2) is 59.5 Å². The predicted octanol–water partition coefficient (Wildman–Crippen LogP) is 3.12. The van der Waals surface area contributed by atoms with E-state index in [-0.39, 0.29) is 11.8 Å². The lowest BCUT2D eigenvalue weighted by Gasteiger charge is -2.42. The Morgan fingerprint density at radius 3 is 2.50 bits per heavy atom. The van der Waals surface area contributed by atoms with E-state index in [2.05, 4.69) is 56.5 Å². The summed E-state index contributed by atoms with van der Waals surface area (Å²) in [6.45, 7) is 6.08. The molecule has 2 aliphatic rings. The largest absolute Gasteiger partial charge is 0.355 e. The average molecular weight is 407 g/mol. The number of amides is 1. The zero-order chi connectivity index (χ0) is 20.6. The minimum Gasteiger partial charge on any atom is -0.355 e. The first-order chi connectivity index (χ1) is 14.8. The average Bonchev–Trinajstić information content (AvgIpc) is 2.81. The summed E-state index contributed by atoms with van der Waals surface area (Å²) in [6.07, 6.45) is 9.21. The van der Waals surface area contributed by atoms with Gasteiger partial charge in [0.15, 0.2) is 0 Å². The van der Waals surface area contributed by atoms with Gasteiger partial charge in [-0.1, -0.05) is 30.3 Å². The number of rotatable bonds is 7. The number of carbonyl (C=O) groups is 1. The minimum atomic E-state index is 0.143. The Morgan fingerprint density at radius 1 is 0.967 bits per heavy atom. The van der Waals surface area contributed by atoms with Gasteiger partial charge in [0, 0.05) is 38.1 Å². The van der Waals surface area contributed by atoms with E-state index in [0.717, 1.165) is 58.5 Å². The molecule has 2 aliphatic heterocycles. The van der Waals surface area contributed by atoms with Gasteiger partial charge < -0.3 is 5.32 Å². The van der Waals surface area contributed by atoms with Crippen LogP contribution in [0.25, 0.3) is 0 Å². The standard InChI is InChI=1S/C25H34N4O/c30-25(27-15-10-21-5-2-1-3-6-21)23-7-4-16-29(20-23)24-11-17-28(18-12-24)19-22-8-13-26-14-9-22/h1-3,5-6,8-9,13-14,23-24H,4,7,10-12,15-20H2,(H,27,30)/t23-/m1/s1. The van der Waals surface area contributed by atoms with Crippen LogP contribution in [-0.2, 0) is 17.8 Å². The molecule has 160 valence electrons. The van der Waals surface area contributed by atoms with E-state index in [0.29, 0.717) is 6.04 Å². The molecule has 1 aromatic heterocycles. The smallest absolute Gasteiger partial charge is 0.224 e. The molecule has 0 saturated carbocycles. The molecule has 3 heterocycles. The predicted molar refractivity (Wildman–Crippen MR) is 120 cm³/mol. The third-order valence-electron chi connectivity index (χ3n) is 6.61. The van der Waals surface area contributed by atoms with Crippen molar-refractivity contribution >= 4 is 5.91 Å². The Morgan fingerprint density at radius 2 is 1.73 bits per heavy atom. The van der Waals surface area contributed by atoms with Gasteiger partial charge in [0.1, 0.15) is 0 Å². The first-order valence-corrected chi connectivity index (χ1v) is 11.4. The van der Waals surface area contributed by atoms with E-state index in [1.807, 2.05) is 18.5 Å². The van der Waals surface area contributed by atoms with Gasteiger partial charge in [-0.3, -0.25) is 19.6 Å². The Hall–Kier alpha value is -2.24. The second-order valence-corrected chi connectivity index (χ2v) is 8.72. The van der Waals surface area contributed by atoms with Crippen LogP contribution in [0.4, 0.5) is 0 Å². The van der Waals surface area contributed by atoms with E-state index in [1.165, 1.54) is 24.0 Å². The molecule has 0 unspecified atom stereocenters. The second kappa shape index (κ2) is 10.7. The van der Waals surface area contributed by atoms with E-state index in [1.54, 1.807) is 0 Å². The van der Waals surface area contributed by atoms with E-state index in [9.17, 15) is 4.79 Å². The third kappa shape index (κ3) is 5.89. The maximum absolute atomic E-state index is 12.7. The summed E-state index contributed by atoms with van der Waals surface area (Å²) in [7, 11) is 0. The maximum atomic E-state index is 12.7. The molecule has 0 bridgehead atoms. The van der Waals surface area contributed by atoms with E-state index >= 15 is 0 Å². The van der Waals surface area contributed by atoms with Crippen LogP contribution in [0.2, 0.25) is 0 Å². The third-order valence-corrected chi connectivity index (χ3v) is 6.61. The molecule has 1 atom stereocenters. The highest BCUT2D eigenvalue weighted by molar-refractivity contribution is 5.79. The molecule has 1 aromatic carbocycles. The molecule has 1 N–H and O–H groups in total. The molecule has 5 nitrogen and oxygen atoms in total. The lowest BCUT2D eigenvalue weighted by molar-refractivity contribution is -0.127. The van der Waals surface area contributed by atoms with Crippen LogP contribution in [0.15, 0.2) is 54.9 Å². The minimum absolute atomic E-state index is 0.143. The highest BCUT2D eigenvalue weighted by Gasteiger charge is 2.31. The fourth-order valence-corrected chi connectivity index (χ4v) is 4.86. The van der Waals surface area contributed by atoms with Gasteiger partial charge in [-0.05, 0) is 75.0 Å². The van der Waals surface area contributed by atoms with E-state index in [4.69, 9.17) is 0 Å². The van der Waals surface area contributed by atoms with Crippen molar-refractivity contribution < 1.29 is 4.79 Å². The van der Waals surface area contributed by atoms with Gasteiger partial charge in [-0.15, -0.1) is 0 Å². The van der Waals surface area contributed by atoms with Crippen molar-refractivity contribution in [1.82, 2.24) is 20.1 Å². The fourth-order valence-electron chi connectivity index (χ4n) is 4.86. The SMILES string of the molecule is O=C(NCCc1ccccc1)[C@@H]1CCCN(C2CCN(Cc3ccncc3)CC2)C1. The molecule has 4 rings (SSSR count). The number of likely N-dealkylation sites (tertiary alicyclic amines) is 2. The molecule has 2 saturated heterocycles. The number of nitrogens with one attached hydrogen (secondary N) is 1. The quantitative estimate of drug-likeness (QED) is 0.768. The number of hydrogen-bond acceptors (Lipinski definition) is 4. The van der Waals surface area contributed by atoms with Crippen molar-refractivity contribution in [3.8, 4) is 0 Å². The van der Waals surface area contributed by atoms with Gasteiger partial charge in [-0.2, -0.15) is 0 Å². The summed E-state index contributed by atoms with van der Waals surface area (Å²) >= 11 is 0. The normalized spacial score (nSPS) is 21.4. The highest BCUT2D eigenvalue weighted by atomic mass is 16.1. The molecule has 30 heavy (non-hydrogen) atoms. The highest BCUT2D eigenvalue weighted by Crippen LogP contribution is 2.24. The second-order valence-electron chi connectivity index (χ2n) is 8.72. The Kier molecular flexibility index (Phi) is 7.49. The van der Waals surface area contributed by atoms with E-state index < -0.39 is 0 Å². The topological polar surface area (TPSA) is 48.5 Å². The van der Waals surface area contributed by atoms with Gasteiger partial charge in [0.2, 0.25) is 5.91 Å². The Labute approximate surface area is 180 Å². The van der Waals surface area contributed by atoms with Gasteiger partial charge in [0.25, 0.3) is 0 Å². The summed E-state index contributed by atoms with van der Waals surface area (Å²) in [4.78, 5) is 22.0. The number of benzene rings is 1. The summed E-state index contributed by atoms with van der Waals surface area (Å²) < 4.78 is 0. The van der Waals surface area contributed by atoms with Crippen molar-refractivity contribution in [2.24, 2.45) is 5.92 Å². The number of carbonyl (C=O) groups excluding carboxylic acids is 1. The zero-order valence-electron chi connectivity index (χ0n) is 17.9. The summed E-state index contributed by atoms with van der Waals surface area (Å²) in [5.41, 5.74) is 2.62. The number of hydrogen-bond donors (Lipinski definition) is 1. The summed E-state index contributed by atoms with van der Waals surface area (Å²) in [5, 5.41) is 3.18. The van der Waals surface area contributed by atoms with Crippen LogP contribution in [0.1, 0.15) is 36.8 Å². The maximum Gasteiger partial charge on any atom is 0.224 e. The lowest BCUT2D eigenvalue weighted by Crippen LogP contribution is -2.50. The molecule has 0 radical (unpaired) electrons. The molecule has 2 aromatic rings. The number of nitrogens with zero attached hydrogens (tertiary/aromatic N) is 3. The van der Waals surface area contributed by atoms with Crippen molar-refractivity contribution in [2.45, 2.75) is 44.7 Å². The molecule has 0 spiro atoms. The van der Waals surface area contributed by atoms with Crippen LogP contribution >= 0.6 is 0 Å². The van der Waals surface area contributed by atoms with Crippen molar-refractivity contribution in [3.05, 3.63) is 66.0 Å². The monoisotopic (exact) mass is 406 g/mol. The Balaban J connectivity index is 1.20. The van der Waals surface area contributed by atoms with Crippen molar-refractivity contribution in [2.75, 3.05) is 32.7 Å². The van der Waals surface area contributed by atoms with Crippen molar-refractivity contribution in [3.63, 3.8) is 0 Å². The number of pyridine rings is 1. The first kappa shape index (κ1) is 21.0. The fraction of sp³-hybridized carbons (Fsp3) is 0.520. The molecule has 2 fully saturated rings. The number of aromatic nitrogens is 1. The molecule has 1 amide bonds. The number of piperidine rings is 2. The summed E-state index contributed by atoms with van der Waals surface area (Å²) in [6, 6.07) is 15.2. The molecular formula is C25H34N4O. The van der Waals surface area contributed by atoms with Gasteiger partial charge in [0.05, 0.1) is 5.92 Å². The van der Waals surface area contributed by atoms with Gasteiger partial charge in [-0.25, -0.2) is 0 Å². The van der Waals surface area contributed by atoms with Crippen LogP contribution in [0, 0.1) is 5.92 Å². The summed E-state index contributed by atoms with van der Waals surface area (Å²) in [5.74, 6) is 0.384. The zero-order valence-corrected chi connectivity index (χ0v) is 17.9. The van der Waals surface area contributed by atoms with Crippen molar-refractivity contribution in [1.29, 1.82) is 0 Å². The Bertz CT molecular complexity index is 774. The molecule has 5 heteroatoms. The molecular weight excluding hydrogens is 372 g/mol. The van der Waals surface area contributed by atoms with Crippen LogP contribution in [0.5, 0.6) is 0 Å². The lowest BCUT2D eigenvalue weighted by atomic mass is 9.93. The van der Waals surface area contributed by atoms with Crippen LogP contribution in [0.3, 0.4) is 0 Å². The van der Waals surface area contributed by atoms with Gasteiger partial charge >= 0.3 is 0 Å². The first-order valence-electron chi connectivity index (χ1n) is 11.4. The van der Waals surface area contributed by atoms with Crippen LogP contribution < -0.4 is 5.32 Å².